The highest BCUT2D eigenvalue weighted by Crippen LogP contribution is 2.25. The van der Waals surface area contributed by atoms with E-state index in [2.05, 4.69) is 28.2 Å². The number of nitro benzene ring substituents is 1. The van der Waals surface area contributed by atoms with E-state index in [0.717, 1.165) is 18.5 Å². The van der Waals surface area contributed by atoms with Crippen molar-refractivity contribution in [2.45, 2.75) is 39.2 Å². The highest BCUT2D eigenvalue weighted by molar-refractivity contribution is 9.10. The summed E-state index contributed by atoms with van der Waals surface area (Å²) in [4.78, 5) is 10.4. The van der Waals surface area contributed by atoms with Crippen molar-refractivity contribution in [2.24, 2.45) is 0 Å². The van der Waals surface area contributed by atoms with Crippen molar-refractivity contribution < 1.29 is 4.92 Å². The lowest BCUT2D eigenvalue weighted by Gasteiger charge is -2.05. The van der Waals surface area contributed by atoms with E-state index in [-0.39, 0.29) is 10.6 Å². The highest BCUT2D eigenvalue weighted by Gasteiger charge is 2.11. The largest absolute Gasteiger partial charge is 0.313 e. The van der Waals surface area contributed by atoms with E-state index in [1.54, 1.807) is 12.1 Å². The minimum absolute atomic E-state index is 0.125. The average molecular weight is 315 g/mol. The maximum Gasteiger partial charge on any atom is 0.283 e. The molecule has 0 spiro atoms. The lowest BCUT2D eigenvalue weighted by atomic mass is 10.2. The standard InChI is InChI=1S/C13H19BrN2O2/c1-2-3-4-5-8-15-10-11-6-7-12(14)13(9-11)16(17)18/h6-7,9,15H,2-5,8,10H2,1H3. The number of nitrogens with zero attached hydrogens (tertiary/aromatic N) is 1. The molecule has 100 valence electrons. The quantitative estimate of drug-likeness (QED) is 0.448. The third-order valence-electron chi connectivity index (χ3n) is 2.74. The van der Waals surface area contributed by atoms with Crippen LogP contribution in [0.1, 0.15) is 38.2 Å². The van der Waals surface area contributed by atoms with E-state index < -0.39 is 0 Å². The predicted octanol–water partition coefficient (Wildman–Crippen LogP) is 4.03. The zero-order valence-electron chi connectivity index (χ0n) is 10.6. The van der Waals surface area contributed by atoms with Crippen molar-refractivity contribution in [1.82, 2.24) is 5.32 Å². The number of nitro groups is 1. The molecule has 0 aliphatic carbocycles. The molecule has 0 unspecified atom stereocenters. The van der Waals surface area contributed by atoms with E-state index >= 15 is 0 Å². The molecular weight excluding hydrogens is 296 g/mol. The van der Waals surface area contributed by atoms with Gasteiger partial charge in [-0.1, -0.05) is 32.3 Å². The normalized spacial score (nSPS) is 10.6. The molecule has 0 aliphatic heterocycles. The summed E-state index contributed by atoms with van der Waals surface area (Å²) < 4.78 is 0.527. The number of hydrogen-bond acceptors (Lipinski definition) is 3. The first-order valence-electron chi connectivity index (χ1n) is 6.28. The zero-order chi connectivity index (χ0) is 13.4. The molecule has 1 aromatic carbocycles. The summed E-state index contributed by atoms with van der Waals surface area (Å²) in [6, 6.07) is 5.24. The Balaban J connectivity index is 2.38. The molecule has 5 heteroatoms. The number of nitrogens with one attached hydrogen (secondary N) is 1. The predicted molar refractivity (Wildman–Crippen MR) is 76.6 cm³/mol. The molecule has 0 aromatic heterocycles. The van der Waals surface area contributed by atoms with Crippen LogP contribution in [0.4, 0.5) is 5.69 Å². The molecule has 0 heterocycles. The van der Waals surface area contributed by atoms with E-state index in [1.165, 1.54) is 19.3 Å². The monoisotopic (exact) mass is 314 g/mol. The summed E-state index contributed by atoms with van der Waals surface area (Å²) in [5.74, 6) is 0. The van der Waals surface area contributed by atoms with Gasteiger partial charge in [0.25, 0.3) is 5.69 Å². The fraction of sp³-hybridized carbons (Fsp3) is 0.538. The topological polar surface area (TPSA) is 55.2 Å². The minimum atomic E-state index is -0.366. The van der Waals surface area contributed by atoms with Gasteiger partial charge in [0, 0.05) is 12.6 Å². The molecular formula is C13H19BrN2O2. The maximum atomic E-state index is 10.8. The minimum Gasteiger partial charge on any atom is -0.313 e. The number of hydrogen-bond donors (Lipinski definition) is 1. The summed E-state index contributed by atoms with van der Waals surface area (Å²) >= 11 is 3.18. The number of halogens is 1. The molecule has 0 bridgehead atoms. The Hall–Kier alpha value is -0.940. The Kier molecular flexibility index (Phi) is 6.90. The van der Waals surface area contributed by atoms with E-state index in [1.807, 2.05) is 6.07 Å². The molecule has 0 fully saturated rings. The van der Waals surface area contributed by atoms with Crippen LogP contribution in [0, 0.1) is 10.1 Å². The Labute approximate surface area is 116 Å². The molecule has 0 atom stereocenters. The molecule has 0 aliphatic rings. The van der Waals surface area contributed by atoms with Gasteiger partial charge in [-0.25, -0.2) is 0 Å². The fourth-order valence-electron chi connectivity index (χ4n) is 1.72. The van der Waals surface area contributed by atoms with Gasteiger partial charge in [0.2, 0.25) is 0 Å². The lowest BCUT2D eigenvalue weighted by molar-refractivity contribution is -0.385. The van der Waals surface area contributed by atoms with Crippen LogP contribution in [0.15, 0.2) is 22.7 Å². The third-order valence-corrected chi connectivity index (χ3v) is 3.41. The Morgan fingerprint density at radius 2 is 2.11 bits per heavy atom. The van der Waals surface area contributed by atoms with Gasteiger partial charge >= 0.3 is 0 Å². The first kappa shape index (κ1) is 15.1. The lowest BCUT2D eigenvalue weighted by Crippen LogP contribution is -2.14. The Morgan fingerprint density at radius 3 is 2.78 bits per heavy atom. The molecule has 1 aromatic rings. The fourth-order valence-corrected chi connectivity index (χ4v) is 2.11. The molecule has 18 heavy (non-hydrogen) atoms. The molecule has 1 N–H and O–H groups in total. The van der Waals surface area contributed by atoms with Crippen LogP contribution in [0.2, 0.25) is 0 Å². The zero-order valence-corrected chi connectivity index (χ0v) is 12.2. The molecule has 0 radical (unpaired) electrons. The van der Waals surface area contributed by atoms with Gasteiger partial charge in [-0.05, 0) is 40.5 Å². The second-order valence-corrected chi connectivity index (χ2v) is 5.13. The van der Waals surface area contributed by atoms with E-state index in [9.17, 15) is 10.1 Å². The first-order valence-corrected chi connectivity index (χ1v) is 7.08. The van der Waals surface area contributed by atoms with Gasteiger partial charge in [0.15, 0.2) is 0 Å². The van der Waals surface area contributed by atoms with Crippen molar-refractivity contribution in [3.8, 4) is 0 Å². The number of unbranched alkanes of at least 4 members (excludes halogenated alkanes) is 3. The third kappa shape index (κ3) is 5.14. The van der Waals surface area contributed by atoms with Crippen LogP contribution < -0.4 is 5.32 Å². The average Bonchev–Trinajstić information content (AvgIpc) is 2.35. The highest BCUT2D eigenvalue weighted by atomic mass is 79.9. The molecule has 0 amide bonds. The summed E-state index contributed by atoms with van der Waals surface area (Å²) in [7, 11) is 0. The van der Waals surface area contributed by atoms with Crippen LogP contribution >= 0.6 is 15.9 Å². The smallest absolute Gasteiger partial charge is 0.283 e. The van der Waals surface area contributed by atoms with Crippen molar-refractivity contribution in [3.05, 3.63) is 38.3 Å². The summed E-state index contributed by atoms with van der Waals surface area (Å²) in [6.45, 7) is 3.83. The van der Waals surface area contributed by atoms with Crippen molar-refractivity contribution in [2.75, 3.05) is 6.54 Å². The van der Waals surface area contributed by atoms with Crippen molar-refractivity contribution in [1.29, 1.82) is 0 Å². The number of rotatable bonds is 8. The Morgan fingerprint density at radius 1 is 1.33 bits per heavy atom. The summed E-state index contributed by atoms with van der Waals surface area (Å²) in [5, 5.41) is 14.1. The molecule has 0 saturated carbocycles. The van der Waals surface area contributed by atoms with Crippen LogP contribution in [-0.2, 0) is 6.54 Å². The van der Waals surface area contributed by atoms with Crippen LogP contribution in [0.5, 0.6) is 0 Å². The van der Waals surface area contributed by atoms with Gasteiger partial charge in [0.05, 0.1) is 9.40 Å². The molecule has 4 nitrogen and oxygen atoms in total. The van der Waals surface area contributed by atoms with E-state index in [0.29, 0.717) is 11.0 Å². The van der Waals surface area contributed by atoms with Gasteiger partial charge in [-0.15, -0.1) is 0 Å². The molecule has 1 rings (SSSR count). The SMILES string of the molecule is CCCCCCNCc1ccc(Br)c([N+](=O)[O-])c1. The van der Waals surface area contributed by atoms with Gasteiger partial charge in [-0.2, -0.15) is 0 Å². The van der Waals surface area contributed by atoms with Crippen LogP contribution in [0.25, 0.3) is 0 Å². The van der Waals surface area contributed by atoms with Crippen molar-refractivity contribution >= 4 is 21.6 Å². The summed E-state index contributed by atoms with van der Waals surface area (Å²) in [6.07, 6.45) is 4.90. The Bertz CT molecular complexity index is 397. The van der Waals surface area contributed by atoms with Crippen LogP contribution in [0.3, 0.4) is 0 Å². The molecule has 0 saturated heterocycles. The second-order valence-electron chi connectivity index (χ2n) is 4.28. The first-order chi connectivity index (χ1) is 8.65. The van der Waals surface area contributed by atoms with Gasteiger partial charge in [0.1, 0.15) is 0 Å². The van der Waals surface area contributed by atoms with E-state index in [4.69, 9.17) is 0 Å². The van der Waals surface area contributed by atoms with Crippen LogP contribution in [-0.4, -0.2) is 11.5 Å². The van der Waals surface area contributed by atoms with Crippen molar-refractivity contribution in [3.63, 3.8) is 0 Å². The maximum absolute atomic E-state index is 10.8. The van der Waals surface area contributed by atoms with Gasteiger partial charge < -0.3 is 5.32 Å². The number of benzene rings is 1. The second kappa shape index (κ2) is 8.21. The summed E-state index contributed by atoms with van der Waals surface area (Å²) in [5.41, 5.74) is 1.07. The van der Waals surface area contributed by atoms with Gasteiger partial charge in [-0.3, -0.25) is 10.1 Å².